The Labute approximate surface area is 68.9 Å². The van der Waals surface area contributed by atoms with E-state index in [0.29, 0.717) is 12.2 Å². The summed E-state index contributed by atoms with van der Waals surface area (Å²) in [5.41, 5.74) is 0. The van der Waals surface area contributed by atoms with Gasteiger partial charge in [-0.05, 0) is 12.1 Å². The Hall–Kier alpha value is -1.67. The molecule has 0 spiro atoms. The molecule has 12 heavy (non-hydrogen) atoms. The molecule has 0 aliphatic rings. The highest BCUT2D eigenvalue weighted by Crippen LogP contribution is 2.03. The van der Waals surface area contributed by atoms with Gasteiger partial charge in [-0.25, -0.2) is 4.79 Å². The monoisotopic (exact) mass is 165 g/mol. The SMILES string of the molecule is O=C=NC(=O)CCc1ccco1. The van der Waals surface area contributed by atoms with E-state index in [1.807, 2.05) is 0 Å². The smallest absolute Gasteiger partial charge is 0.256 e. The summed E-state index contributed by atoms with van der Waals surface area (Å²) >= 11 is 0. The second-order valence-corrected chi connectivity index (χ2v) is 2.18. The minimum atomic E-state index is -0.471. The van der Waals surface area contributed by atoms with E-state index in [1.165, 1.54) is 12.3 Å². The van der Waals surface area contributed by atoms with Crippen molar-refractivity contribution in [3.05, 3.63) is 24.2 Å². The highest BCUT2D eigenvalue weighted by molar-refractivity contribution is 5.81. The van der Waals surface area contributed by atoms with Crippen molar-refractivity contribution in [1.29, 1.82) is 0 Å². The number of aliphatic imine (C=N–C) groups is 1. The number of amides is 1. The van der Waals surface area contributed by atoms with E-state index in [9.17, 15) is 9.59 Å². The summed E-state index contributed by atoms with van der Waals surface area (Å²) in [6.45, 7) is 0. The third-order valence-corrected chi connectivity index (χ3v) is 1.34. The molecule has 0 bridgehead atoms. The molecule has 1 rings (SSSR count). The number of carbonyl (C=O) groups excluding carboxylic acids is 2. The number of aryl methyl sites for hydroxylation is 1. The maximum atomic E-state index is 10.7. The lowest BCUT2D eigenvalue weighted by Crippen LogP contribution is -1.94. The first-order valence-corrected chi connectivity index (χ1v) is 3.46. The van der Waals surface area contributed by atoms with Crippen LogP contribution in [0.25, 0.3) is 0 Å². The van der Waals surface area contributed by atoms with Crippen LogP contribution in [0.2, 0.25) is 0 Å². The van der Waals surface area contributed by atoms with Gasteiger partial charge in [-0.2, -0.15) is 0 Å². The van der Waals surface area contributed by atoms with Crippen molar-refractivity contribution in [3.63, 3.8) is 0 Å². The minimum absolute atomic E-state index is 0.183. The molecule has 0 aromatic carbocycles. The predicted octanol–water partition coefficient (Wildman–Crippen LogP) is 1.07. The third kappa shape index (κ3) is 2.52. The van der Waals surface area contributed by atoms with E-state index >= 15 is 0 Å². The van der Waals surface area contributed by atoms with Crippen LogP contribution < -0.4 is 0 Å². The summed E-state index contributed by atoms with van der Waals surface area (Å²) in [5.74, 6) is 0.242. The van der Waals surface area contributed by atoms with Crippen molar-refractivity contribution in [2.45, 2.75) is 12.8 Å². The second-order valence-electron chi connectivity index (χ2n) is 2.18. The molecule has 1 aromatic heterocycles. The summed E-state index contributed by atoms with van der Waals surface area (Å²) in [6.07, 6.45) is 3.38. The van der Waals surface area contributed by atoms with Gasteiger partial charge in [-0.3, -0.25) is 4.79 Å². The minimum Gasteiger partial charge on any atom is -0.469 e. The maximum absolute atomic E-state index is 10.7. The molecule has 4 nitrogen and oxygen atoms in total. The zero-order valence-electron chi connectivity index (χ0n) is 6.32. The van der Waals surface area contributed by atoms with Crippen molar-refractivity contribution in [2.75, 3.05) is 0 Å². The van der Waals surface area contributed by atoms with Crippen molar-refractivity contribution in [2.24, 2.45) is 4.99 Å². The Morgan fingerprint density at radius 1 is 1.67 bits per heavy atom. The Bertz CT molecular complexity index is 296. The molecular weight excluding hydrogens is 158 g/mol. The van der Waals surface area contributed by atoms with E-state index in [-0.39, 0.29) is 6.42 Å². The summed E-state index contributed by atoms with van der Waals surface area (Å²) in [4.78, 5) is 23.2. The molecule has 0 atom stereocenters. The van der Waals surface area contributed by atoms with Crippen LogP contribution in [0.5, 0.6) is 0 Å². The molecular formula is C8H7NO3. The highest BCUT2D eigenvalue weighted by Gasteiger charge is 2.01. The lowest BCUT2D eigenvalue weighted by atomic mass is 10.2. The molecule has 0 aliphatic heterocycles. The summed E-state index contributed by atoms with van der Waals surface area (Å²) in [6, 6.07) is 3.50. The average Bonchev–Trinajstić information content (AvgIpc) is 2.53. The average molecular weight is 165 g/mol. The highest BCUT2D eigenvalue weighted by atomic mass is 16.3. The zero-order chi connectivity index (χ0) is 8.81. The van der Waals surface area contributed by atoms with Crippen molar-refractivity contribution < 1.29 is 14.0 Å². The first kappa shape index (κ1) is 8.43. The molecule has 0 N–H and O–H groups in total. The molecule has 4 heteroatoms. The number of rotatable bonds is 3. The van der Waals surface area contributed by atoms with Crippen molar-refractivity contribution >= 4 is 12.0 Å². The lowest BCUT2D eigenvalue weighted by Gasteiger charge is -1.89. The third-order valence-electron chi connectivity index (χ3n) is 1.34. The number of nitrogens with zero attached hydrogens (tertiary/aromatic N) is 1. The predicted molar refractivity (Wildman–Crippen MR) is 40.2 cm³/mol. The van der Waals surface area contributed by atoms with Crippen LogP contribution >= 0.6 is 0 Å². The standard InChI is InChI=1S/C8H7NO3/c10-6-9-8(11)4-3-7-2-1-5-12-7/h1-2,5H,3-4H2. The fourth-order valence-electron chi connectivity index (χ4n) is 0.792. The molecule has 0 aliphatic carbocycles. The number of furan rings is 1. The van der Waals surface area contributed by atoms with Crippen LogP contribution in [0.4, 0.5) is 0 Å². The normalized spacial score (nSPS) is 9.00. The van der Waals surface area contributed by atoms with Gasteiger partial charge in [0.2, 0.25) is 6.08 Å². The zero-order valence-corrected chi connectivity index (χ0v) is 6.32. The van der Waals surface area contributed by atoms with Gasteiger partial charge in [-0.15, -0.1) is 4.99 Å². The lowest BCUT2D eigenvalue weighted by molar-refractivity contribution is -0.117. The van der Waals surface area contributed by atoms with Crippen molar-refractivity contribution in [1.82, 2.24) is 0 Å². The summed E-state index contributed by atoms with van der Waals surface area (Å²) < 4.78 is 4.97. The van der Waals surface area contributed by atoms with Gasteiger partial charge in [0.25, 0.3) is 5.91 Å². The molecule has 62 valence electrons. The van der Waals surface area contributed by atoms with Gasteiger partial charge < -0.3 is 4.42 Å². The molecule has 1 amide bonds. The number of hydrogen-bond donors (Lipinski definition) is 0. The van der Waals surface area contributed by atoms with Gasteiger partial charge in [0, 0.05) is 12.8 Å². The Kier molecular flexibility index (Phi) is 2.99. The first-order valence-electron chi connectivity index (χ1n) is 3.46. The van der Waals surface area contributed by atoms with Gasteiger partial charge in [0.1, 0.15) is 5.76 Å². The van der Waals surface area contributed by atoms with Crippen LogP contribution in [-0.4, -0.2) is 12.0 Å². The fraction of sp³-hybridized carbons (Fsp3) is 0.250. The quantitative estimate of drug-likeness (QED) is 0.497. The van der Waals surface area contributed by atoms with E-state index in [1.54, 1.807) is 12.1 Å². The molecule has 0 radical (unpaired) electrons. The first-order chi connectivity index (χ1) is 5.83. The van der Waals surface area contributed by atoms with Crippen LogP contribution in [0.1, 0.15) is 12.2 Å². The van der Waals surface area contributed by atoms with Crippen LogP contribution in [0.3, 0.4) is 0 Å². The van der Waals surface area contributed by atoms with E-state index in [0.717, 1.165) is 0 Å². The van der Waals surface area contributed by atoms with E-state index in [2.05, 4.69) is 4.99 Å². The van der Waals surface area contributed by atoms with Gasteiger partial charge in [0.05, 0.1) is 6.26 Å². The topological polar surface area (TPSA) is 59.6 Å². The maximum Gasteiger partial charge on any atom is 0.256 e. The largest absolute Gasteiger partial charge is 0.469 e. The molecule has 0 saturated carbocycles. The van der Waals surface area contributed by atoms with Gasteiger partial charge in [0.15, 0.2) is 0 Å². The molecule has 1 heterocycles. The van der Waals surface area contributed by atoms with Gasteiger partial charge in [-0.1, -0.05) is 0 Å². The Morgan fingerprint density at radius 3 is 3.08 bits per heavy atom. The molecule has 0 fully saturated rings. The summed E-state index contributed by atoms with van der Waals surface area (Å²) in [7, 11) is 0. The number of carbonyl (C=O) groups is 1. The Balaban J connectivity index is 2.36. The summed E-state index contributed by atoms with van der Waals surface area (Å²) in [5, 5.41) is 0. The van der Waals surface area contributed by atoms with E-state index in [4.69, 9.17) is 4.42 Å². The van der Waals surface area contributed by atoms with Gasteiger partial charge >= 0.3 is 0 Å². The second kappa shape index (κ2) is 4.26. The van der Waals surface area contributed by atoms with Crippen LogP contribution in [0, 0.1) is 0 Å². The fourth-order valence-corrected chi connectivity index (χ4v) is 0.792. The van der Waals surface area contributed by atoms with Crippen molar-refractivity contribution in [3.8, 4) is 0 Å². The van der Waals surface area contributed by atoms with Crippen LogP contribution in [0.15, 0.2) is 27.8 Å². The van der Waals surface area contributed by atoms with E-state index < -0.39 is 5.91 Å². The Morgan fingerprint density at radius 2 is 2.50 bits per heavy atom. The van der Waals surface area contributed by atoms with Crippen LogP contribution in [-0.2, 0) is 16.0 Å². The molecule has 0 saturated heterocycles. The number of isocyanates is 1. The molecule has 1 aromatic rings. The number of hydrogen-bond acceptors (Lipinski definition) is 3. The molecule has 0 unspecified atom stereocenters.